The molecule has 1 unspecified atom stereocenters. The van der Waals surface area contributed by atoms with Crippen molar-refractivity contribution in [3.05, 3.63) is 64.7 Å². The maximum Gasteiger partial charge on any atom is 0.337 e. The van der Waals surface area contributed by atoms with Crippen molar-refractivity contribution in [1.29, 1.82) is 0 Å². The van der Waals surface area contributed by atoms with E-state index in [-0.39, 0.29) is 28.1 Å². The molecule has 5 nitrogen and oxygen atoms in total. The van der Waals surface area contributed by atoms with E-state index in [1.54, 1.807) is 0 Å². The Hall–Kier alpha value is -1.89. The lowest BCUT2D eigenvalue weighted by atomic mass is 10.2. The molecule has 0 saturated heterocycles. The third kappa shape index (κ3) is 4.34. The highest BCUT2D eigenvalue weighted by Crippen LogP contribution is 2.39. The summed E-state index contributed by atoms with van der Waals surface area (Å²) in [6.45, 7) is 2.18. The van der Waals surface area contributed by atoms with E-state index in [9.17, 15) is 13.2 Å². The number of carbonyl (C=O) groups is 1. The molecule has 3 rings (SSSR count). The molecule has 0 heterocycles. The highest BCUT2D eigenvalue weighted by molar-refractivity contribution is 7.89. The molecule has 7 heteroatoms. The number of halogens is 1. The number of nitrogens with zero attached hydrogens (tertiary/aromatic N) is 1. The van der Waals surface area contributed by atoms with E-state index in [1.165, 1.54) is 29.6 Å². The molecular formula is C20H22ClNO4S. The number of esters is 1. The van der Waals surface area contributed by atoms with Crippen LogP contribution in [0.5, 0.6) is 0 Å². The average molecular weight is 408 g/mol. The number of rotatable bonds is 7. The van der Waals surface area contributed by atoms with Crippen LogP contribution < -0.4 is 0 Å². The lowest BCUT2D eigenvalue weighted by Gasteiger charge is -2.29. The van der Waals surface area contributed by atoms with Crippen LogP contribution in [0.1, 0.15) is 35.7 Å². The van der Waals surface area contributed by atoms with Gasteiger partial charge in [-0.3, -0.25) is 0 Å². The van der Waals surface area contributed by atoms with Gasteiger partial charge >= 0.3 is 5.97 Å². The van der Waals surface area contributed by atoms with Gasteiger partial charge in [0.1, 0.15) is 4.90 Å². The second kappa shape index (κ2) is 8.00. The predicted octanol–water partition coefficient (Wildman–Crippen LogP) is 4.12. The Labute approximate surface area is 165 Å². The summed E-state index contributed by atoms with van der Waals surface area (Å²) in [4.78, 5) is 11.8. The van der Waals surface area contributed by atoms with E-state index in [0.717, 1.165) is 18.4 Å². The van der Waals surface area contributed by atoms with Crippen molar-refractivity contribution in [2.24, 2.45) is 5.92 Å². The van der Waals surface area contributed by atoms with Crippen molar-refractivity contribution in [2.45, 2.75) is 37.2 Å². The monoisotopic (exact) mass is 407 g/mol. The Morgan fingerprint density at radius 3 is 2.48 bits per heavy atom. The van der Waals surface area contributed by atoms with Crippen molar-refractivity contribution in [3.63, 3.8) is 0 Å². The summed E-state index contributed by atoms with van der Waals surface area (Å²) < 4.78 is 33.2. The Morgan fingerprint density at radius 2 is 1.89 bits per heavy atom. The predicted molar refractivity (Wildman–Crippen MR) is 104 cm³/mol. The number of carbonyl (C=O) groups excluding carboxylic acids is 1. The third-order valence-electron chi connectivity index (χ3n) is 4.88. The van der Waals surface area contributed by atoms with Crippen molar-refractivity contribution in [3.8, 4) is 0 Å². The number of benzene rings is 2. The van der Waals surface area contributed by atoms with Gasteiger partial charge in [-0.2, -0.15) is 4.31 Å². The van der Waals surface area contributed by atoms with E-state index < -0.39 is 16.0 Å². The first-order valence-electron chi connectivity index (χ1n) is 8.78. The minimum Gasteiger partial charge on any atom is -0.465 e. The largest absolute Gasteiger partial charge is 0.465 e. The van der Waals surface area contributed by atoms with Gasteiger partial charge in [-0.15, -0.1) is 0 Å². The van der Waals surface area contributed by atoms with Crippen molar-refractivity contribution in [1.82, 2.24) is 4.31 Å². The first-order chi connectivity index (χ1) is 12.8. The van der Waals surface area contributed by atoms with Crippen LogP contribution in [0.2, 0.25) is 5.02 Å². The summed E-state index contributed by atoms with van der Waals surface area (Å²) in [7, 11) is -2.65. The fourth-order valence-corrected chi connectivity index (χ4v) is 5.28. The fraction of sp³-hybridized carbons (Fsp3) is 0.350. The van der Waals surface area contributed by atoms with E-state index >= 15 is 0 Å². The van der Waals surface area contributed by atoms with E-state index in [1.807, 2.05) is 37.3 Å². The molecule has 0 radical (unpaired) electrons. The number of hydrogen-bond donors (Lipinski definition) is 0. The van der Waals surface area contributed by atoms with Crippen LogP contribution in [-0.4, -0.2) is 31.8 Å². The van der Waals surface area contributed by atoms with Gasteiger partial charge in [0.15, 0.2) is 0 Å². The molecule has 0 N–H and O–H groups in total. The molecular weight excluding hydrogens is 386 g/mol. The number of hydrogen-bond acceptors (Lipinski definition) is 4. The maximum atomic E-state index is 13.5. The van der Waals surface area contributed by atoms with Gasteiger partial charge in [0.2, 0.25) is 10.0 Å². The highest BCUT2D eigenvalue weighted by Gasteiger charge is 2.39. The summed E-state index contributed by atoms with van der Waals surface area (Å²) in [5.41, 5.74) is 1.05. The van der Waals surface area contributed by atoms with Crippen molar-refractivity contribution in [2.75, 3.05) is 7.11 Å². The van der Waals surface area contributed by atoms with Gasteiger partial charge in [0.25, 0.3) is 0 Å². The third-order valence-corrected chi connectivity index (χ3v) is 7.29. The molecule has 1 saturated carbocycles. The molecule has 27 heavy (non-hydrogen) atoms. The fourth-order valence-electron chi connectivity index (χ4n) is 3.10. The zero-order valence-electron chi connectivity index (χ0n) is 15.3. The van der Waals surface area contributed by atoms with E-state index in [4.69, 9.17) is 16.3 Å². The van der Waals surface area contributed by atoms with Crippen LogP contribution in [0.15, 0.2) is 53.4 Å². The SMILES string of the molecule is COC(=O)c1ccc(Cl)c(S(=O)(=O)N(Cc2ccccc2)C(C)C2CC2)c1. The summed E-state index contributed by atoms with van der Waals surface area (Å²) in [6, 6.07) is 13.5. The lowest BCUT2D eigenvalue weighted by Crippen LogP contribution is -2.39. The molecule has 0 aliphatic heterocycles. The van der Waals surface area contributed by atoms with E-state index in [2.05, 4.69) is 0 Å². The Bertz CT molecular complexity index is 926. The van der Waals surface area contributed by atoms with Gasteiger partial charge in [0, 0.05) is 12.6 Å². The number of methoxy groups -OCH3 is 1. The molecule has 0 spiro atoms. The minimum absolute atomic E-state index is 0.0736. The molecule has 144 valence electrons. The topological polar surface area (TPSA) is 63.7 Å². The minimum atomic E-state index is -3.90. The molecule has 0 aromatic heterocycles. The summed E-state index contributed by atoms with van der Waals surface area (Å²) in [5, 5.41) is 0.0868. The average Bonchev–Trinajstić information content (AvgIpc) is 3.51. The quantitative estimate of drug-likeness (QED) is 0.648. The van der Waals surface area contributed by atoms with Crippen LogP contribution in [-0.2, 0) is 21.3 Å². The summed E-state index contributed by atoms with van der Waals surface area (Å²) in [6.07, 6.45) is 2.02. The zero-order chi connectivity index (χ0) is 19.6. The first kappa shape index (κ1) is 19.9. The number of sulfonamides is 1. The molecule has 0 amide bonds. The molecule has 1 fully saturated rings. The molecule has 1 aliphatic rings. The van der Waals surface area contributed by atoms with Crippen LogP contribution in [0.4, 0.5) is 0 Å². The van der Waals surface area contributed by atoms with Gasteiger partial charge < -0.3 is 4.74 Å². The lowest BCUT2D eigenvalue weighted by molar-refractivity contribution is 0.0600. The van der Waals surface area contributed by atoms with E-state index in [0.29, 0.717) is 5.92 Å². The first-order valence-corrected chi connectivity index (χ1v) is 10.6. The smallest absolute Gasteiger partial charge is 0.337 e. The van der Waals surface area contributed by atoms with Gasteiger partial charge in [-0.1, -0.05) is 41.9 Å². The molecule has 1 aliphatic carbocycles. The molecule has 1 atom stereocenters. The standard InChI is InChI=1S/C20H22ClNO4S/c1-14(16-8-9-16)22(13-15-6-4-3-5-7-15)27(24,25)19-12-17(20(23)26-2)10-11-18(19)21/h3-7,10-12,14,16H,8-9,13H2,1-2H3. The Morgan fingerprint density at radius 1 is 1.22 bits per heavy atom. The van der Waals surface area contributed by atoms with Crippen LogP contribution >= 0.6 is 11.6 Å². The zero-order valence-corrected chi connectivity index (χ0v) is 16.8. The van der Waals surface area contributed by atoms with Gasteiger partial charge in [-0.25, -0.2) is 13.2 Å². The van der Waals surface area contributed by atoms with Crippen LogP contribution in [0, 0.1) is 5.92 Å². The van der Waals surface area contributed by atoms with Crippen molar-refractivity contribution >= 4 is 27.6 Å². The van der Waals surface area contributed by atoms with Gasteiger partial charge in [0.05, 0.1) is 17.7 Å². The maximum absolute atomic E-state index is 13.5. The Balaban J connectivity index is 2.03. The summed E-state index contributed by atoms with van der Waals surface area (Å²) in [5.74, 6) is -0.265. The normalized spacial score (nSPS) is 15.6. The van der Waals surface area contributed by atoms with Crippen LogP contribution in [0.3, 0.4) is 0 Å². The van der Waals surface area contributed by atoms with Gasteiger partial charge in [-0.05, 0) is 49.4 Å². The van der Waals surface area contributed by atoms with Crippen molar-refractivity contribution < 1.29 is 17.9 Å². The molecule has 0 bridgehead atoms. The molecule has 2 aromatic carbocycles. The summed E-state index contributed by atoms with van der Waals surface area (Å²) >= 11 is 6.22. The highest BCUT2D eigenvalue weighted by atomic mass is 35.5. The second-order valence-electron chi connectivity index (χ2n) is 6.75. The molecule has 2 aromatic rings. The second-order valence-corrected chi connectivity index (χ2v) is 9.02. The van der Waals surface area contributed by atoms with Crippen LogP contribution in [0.25, 0.3) is 0 Å². The Kier molecular flexibility index (Phi) is 5.89. The number of ether oxygens (including phenoxy) is 1.